The van der Waals surface area contributed by atoms with Gasteiger partial charge in [0.25, 0.3) is 0 Å². The molecule has 0 saturated carbocycles. The Morgan fingerprint density at radius 3 is 2.65 bits per heavy atom. The van der Waals surface area contributed by atoms with Gasteiger partial charge in [0.1, 0.15) is 5.82 Å². The second-order valence-corrected chi connectivity index (χ2v) is 5.43. The molecule has 0 amide bonds. The molecule has 0 aliphatic heterocycles. The number of rotatable bonds is 7. The van der Waals surface area contributed by atoms with Crippen LogP contribution < -0.4 is 10.6 Å². The summed E-state index contributed by atoms with van der Waals surface area (Å²) >= 11 is 0. The molecule has 136 valence electrons. The summed E-state index contributed by atoms with van der Waals surface area (Å²) in [5, 5.41) is 25.2. The lowest BCUT2D eigenvalue weighted by Crippen LogP contribution is -2.08. The molecule has 0 bridgehead atoms. The number of nitrogens with zero attached hydrogens (tertiary/aromatic N) is 2. The highest BCUT2D eigenvalue weighted by Gasteiger charge is 2.09. The zero-order valence-electron chi connectivity index (χ0n) is 13.8. The first-order valence-electron chi connectivity index (χ1n) is 7.89. The minimum absolute atomic E-state index is 0. The van der Waals surface area contributed by atoms with Crippen LogP contribution in [0.25, 0.3) is 10.9 Å². The van der Waals surface area contributed by atoms with Crippen LogP contribution in [-0.2, 0) is 0 Å². The molecule has 4 N–H and O–H groups in total. The van der Waals surface area contributed by atoms with E-state index in [9.17, 15) is 4.79 Å². The maximum Gasteiger partial charge on any atom is 0.335 e. The molecular weight excluding hydrogens is 356 g/mol. The molecule has 0 aliphatic rings. The molecule has 0 unspecified atom stereocenters. The number of anilines is 3. The number of hydrogen-bond donors (Lipinski definition) is 4. The highest BCUT2D eigenvalue weighted by Crippen LogP contribution is 2.24. The number of hydrogen-bond acceptors (Lipinski definition) is 6. The van der Waals surface area contributed by atoms with Gasteiger partial charge in [-0.25, -0.2) is 9.78 Å². The lowest BCUT2D eigenvalue weighted by Gasteiger charge is -2.12. The van der Waals surface area contributed by atoms with E-state index in [-0.39, 0.29) is 24.6 Å². The fraction of sp³-hybridized carbons (Fsp3) is 0.167. The first kappa shape index (κ1) is 19.4. The van der Waals surface area contributed by atoms with Gasteiger partial charge < -0.3 is 20.8 Å². The number of aromatic nitrogens is 2. The van der Waals surface area contributed by atoms with E-state index >= 15 is 0 Å². The largest absolute Gasteiger partial charge is 0.478 e. The van der Waals surface area contributed by atoms with Crippen molar-refractivity contribution in [1.82, 2.24) is 9.97 Å². The predicted octanol–water partition coefficient (Wildman–Crippen LogP) is 3.29. The van der Waals surface area contributed by atoms with Crippen molar-refractivity contribution in [3.8, 4) is 0 Å². The van der Waals surface area contributed by atoms with Gasteiger partial charge in [-0.05, 0) is 36.8 Å². The Hall–Kier alpha value is -2.90. The highest BCUT2D eigenvalue weighted by atomic mass is 35.5. The molecule has 3 rings (SSSR count). The van der Waals surface area contributed by atoms with Crippen LogP contribution in [0.4, 0.5) is 17.5 Å². The molecule has 0 saturated heterocycles. The van der Waals surface area contributed by atoms with E-state index in [4.69, 9.17) is 10.2 Å². The number of benzene rings is 2. The van der Waals surface area contributed by atoms with Gasteiger partial charge in [-0.1, -0.05) is 18.2 Å². The molecule has 0 radical (unpaired) electrons. The number of carboxylic acid groups (broad SMARTS) is 1. The van der Waals surface area contributed by atoms with Crippen molar-refractivity contribution in [3.63, 3.8) is 0 Å². The Morgan fingerprint density at radius 2 is 1.88 bits per heavy atom. The maximum absolute atomic E-state index is 11.1. The summed E-state index contributed by atoms with van der Waals surface area (Å²) in [6.45, 7) is 0.689. The third-order valence-corrected chi connectivity index (χ3v) is 3.60. The van der Waals surface area contributed by atoms with Gasteiger partial charge in [-0.15, -0.1) is 12.4 Å². The van der Waals surface area contributed by atoms with Crippen molar-refractivity contribution in [2.24, 2.45) is 0 Å². The molecule has 26 heavy (non-hydrogen) atoms. The Bertz CT molecular complexity index is 904. The zero-order chi connectivity index (χ0) is 17.6. The van der Waals surface area contributed by atoms with Gasteiger partial charge in [0.05, 0.1) is 11.1 Å². The number of aliphatic hydroxyl groups is 1. The van der Waals surface area contributed by atoms with Gasteiger partial charge in [-0.2, -0.15) is 4.98 Å². The summed E-state index contributed by atoms with van der Waals surface area (Å²) < 4.78 is 0. The molecule has 7 nitrogen and oxygen atoms in total. The van der Waals surface area contributed by atoms with Gasteiger partial charge in [-0.3, -0.25) is 0 Å². The topological polar surface area (TPSA) is 107 Å². The molecule has 2 aromatic carbocycles. The summed E-state index contributed by atoms with van der Waals surface area (Å²) in [4.78, 5) is 20.0. The number of para-hydroxylation sites is 1. The number of aromatic carboxylic acids is 1. The summed E-state index contributed by atoms with van der Waals surface area (Å²) in [6, 6.07) is 14.1. The monoisotopic (exact) mass is 374 g/mol. The van der Waals surface area contributed by atoms with Gasteiger partial charge in [0.2, 0.25) is 5.95 Å². The number of aliphatic hydroxyl groups excluding tert-OH is 1. The van der Waals surface area contributed by atoms with Crippen LogP contribution in [0, 0.1) is 0 Å². The van der Waals surface area contributed by atoms with Crippen LogP contribution in [0.3, 0.4) is 0 Å². The fourth-order valence-electron chi connectivity index (χ4n) is 2.41. The molecule has 0 fully saturated rings. The average molecular weight is 375 g/mol. The molecule has 3 aromatic rings. The minimum Gasteiger partial charge on any atom is -0.478 e. The second-order valence-electron chi connectivity index (χ2n) is 5.43. The van der Waals surface area contributed by atoms with E-state index in [2.05, 4.69) is 20.6 Å². The molecule has 0 atom stereocenters. The average Bonchev–Trinajstić information content (AvgIpc) is 2.62. The Labute approximate surface area is 156 Å². The predicted molar refractivity (Wildman–Crippen MR) is 104 cm³/mol. The molecule has 0 spiro atoms. The summed E-state index contributed by atoms with van der Waals surface area (Å²) in [5.41, 5.74) is 1.55. The number of carbonyl (C=O) groups is 1. The summed E-state index contributed by atoms with van der Waals surface area (Å²) in [7, 11) is 0. The third kappa shape index (κ3) is 4.59. The van der Waals surface area contributed by atoms with E-state index in [1.807, 2.05) is 24.3 Å². The van der Waals surface area contributed by atoms with Crippen molar-refractivity contribution in [2.75, 3.05) is 23.8 Å². The van der Waals surface area contributed by atoms with Gasteiger partial charge in [0.15, 0.2) is 0 Å². The van der Waals surface area contributed by atoms with Crippen LogP contribution in [0.1, 0.15) is 16.8 Å². The number of halogens is 1. The van der Waals surface area contributed by atoms with Crippen molar-refractivity contribution in [2.45, 2.75) is 6.42 Å². The van der Waals surface area contributed by atoms with Crippen LogP contribution in [0.5, 0.6) is 0 Å². The van der Waals surface area contributed by atoms with Gasteiger partial charge >= 0.3 is 5.97 Å². The van der Waals surface area contributed by atoms with Crippen LogP contribution in [-0.4, -0.2) is 39.3 Å². The standard InChI is InChI=1S/C18H18N4O3.ClH/c23-10-4-9-19-16-14-7-1-2-8-15(14)21-18(22-16)20-13-6-3-5-12(11-13)17(24)25;/h1-3,5-8,11,23H,4,9-10H2,(H,24,25)(H2,19,20,21,22);1H. The SMILES string of the molecule is Cl.O=C(O)c1cccc(Nc2nc(NCCCO)c3ccccc3n2)c1. The zero-order valence-corrected chi connectivity index (χ0v) is 14.7. The van der Waals surface area contributed by atoms with E-state index < -0.39 is 5.97 Å². The smallest absolute Gasteiger partial charge is 0.335 e. The molecular formula is C18H19ClN4O3. The molecule has 0 aliphatic carbocycles. The van der Waals surface area contributed by atoms with E-state index in [0.717, 1.165) is 10.9 Å². The maximum atomic E-state index is 11.1. The van der Waals surface area contributed by atoms with E-state index in [0.29, 0.717) is 30.4 Å². The first-order chi connectivity index (χ1) is 12.2. The number of nitrogens with one attached hydrogen (secondary N) is 2. The number of fused-ring (bicyclic) bond motifs is 1. The lowest BCUT2D eigenvalue weighted by atomic mass is 10.2. The van der Waals surface area contributed by atoms with Crippen molar-refractivity contribution in [3.05, 3.63) is 54.1 Å². The third-order valence-electron chi connectivity index (χ3n) is 3.60. The Balaban J connectivity index is 0.00000243. The fourth-order valence-corrected chi connectivity index (χ4v) is 2.41. The summed E-state index contributed by atoms with van der Waals surface area (Å²) in [5.74, 6) is 0.0399. The minimum atomic E-state index is -0.991. The van der Waals surface area contributed by atoms with Gasteiger partial charge in [0, 0.05) is 24.2 Å². The quantitative estimate of drug-likeness (QED) is 0.470. The molecule has 1 heterocycles. The van der Waals surface area contributed by atoms with E-state index in [1.54, 1.807) is 12.1 Å². The Morgan fingerprint density at radius 1 is 1.08 bits per heavy atom. The summed E-state index contributed by atoms with van der Waals surface area (Å²) in [6.07, 6.45) is 0.613. The Kier molecular flexibility index (Phi) is 6.71. The van der Waals surface area contributed by atoms with Crippen LogP contribution in [0.2, 0.25) is 0 Å². The molecule has 8 heteroatoms. The molecule has 1 aromatic heterocycles. The van der Waals surface area contributed by atoms with Crippen molar-refractivity contribution >= 4 is 46.7 Å². The highest BCUT2D eigenvalue weighted by molar-refractivity contribution is 5.91. The second kappa shape index (κ2) is 8.98. The van der Waals surface area contributed by atoms with Crippen molar-refractivity contribution in [1.29, 1.82) is 0 Å². The van der Waals surface area contributed by atoms with Crippen molar-refractivity contribution < 1.29 is 15.0 Å². The van der Waals surface area contributed by atoms with Crippen LogP contribution in [0.15, 0.2) is 48.5 Å². The lowest BCUT2D eigenvalue weighted by molar-refractivity contribution is 0.0697. The normalized spacial score (nSPS) is 10.2. The first-order valence-corrected chi connectivity index (χ1v) is 7.89. The van der Waals surface area contributed by atoms with E-state index in [1.165, 1.54) is 12.1 Å². The van der Waals surface area contributed by atoms with Crippen LogP contribution >= 0.6 is 12.4 Å². The number of carboxylic acids is 1.